The van der Waals surface area contributed by atoms with E-state index in [9.17, 15) is 4.79 Å². The molecule has 2 rings (SSSR count). The summed E-state index contributed by atoms with van der Waals surface area (Å²) in [5.41, 5.74) is 5.61. The predicted octanol–water partition coefficient (Wildman–Crippen LogP) is 0.412. The van der Waals surface area contributed by atoms with Crippen molar-refractivity contribution in [3.8, 4) is 11.5 Å². The first-order valence-electron chi connectivity index (χ1n) is 3.95. The molecular formula is C8H6N4O3. The van der Waals surface area contributed by atoms with Gasteiger partial charge in [0.15, 0.2) is 0 Å². The molecule has 7 heteroatoms. The van der Waals surface area contributed by atoms with Crippen LogP contribution >= 0.6 is 0 Å². The Hall–Kier alpha value is -2.44. The maximum absolute atomic E-state index is 10.6. The second-order valence-electron chi connectivity index (χ2n) is 2.68. The van der Waals surface area contributed by atoms with Gasteiger partial charge in [0.25, 0.3) is 0 Å². The summed E-state index contributed by atoms with van der Waals surface area (Å²) >= 11 is 0. The molecule has 0 fully saturated rings. The van der Waals surface area contributed by atoms with Gasteiger partial charge in [-0.1, -0.05) is 5.10 Å². The number of aromatic nitrogens is 3. The van der Waals surface area contributed by atoms with E-state index in [4.69, 9.17) is 15.3 Å². The third-order valence-corrected chi connectivity index (χ3v) is 1.67. The molecular weight excluding hydrogens is 200 g/mol. The SMILES string of the molecule is Nc1nnc(-c2ccnc(C(=O)O)c2)o1. The van der Waals surface area contributed by atoms with E-state index >= 15 is 0 Å². The average Bonchev–Trinajstić information content (AvgIpc) is 2.65. The van der Waals surface area contributed by atoms with Gasteiger partial charge in [0.05, 0.1) is 0 Å². The van der Waals surface area contributed by atoms with Crippen molar-refractivity contribution in [3.63, 3.8) is 0 Å². The Labute approximate surface area is 83.6 Å². The lowest BCUT2D eigenvalue weighted by Crippen LogP contribution is -1.99. The Bertz CT molecular complexity index is 508. The lowest BCUT2D eigenvalue weighted by molar-refractivity contribution is 0.0690. The van der Waals surface area contributed by atoms with Crippen molar-refractivity contribution >= 4 is 12.0 Å². The summed E-state index contributed by atoms with van der Waals surface area (Å²) in [6, 6.07) is 2.81. The fourth-order valence-electron chi connectivity index (χ4n) is 1.03. The monoisotopic (exact) mass is 206 g/mol. The van der Waals surface area contributed by atoms with Crippen LogP contribution < -0.4 is 5.73 Å². The molecule has 15 heavy (non-hydrogen) atoms. The number of rotatable bonds is 2. The van der Waals surface area contributed by atoms with Crippen LogP contribution in [0.25, 0.3) is 11.5 Å². The summed E-state index contributed by atoms with van der Waals surface area (Å²) in [6.45, 7) is 0. The maximum Gasteiger partial charge on any atom is 0.354 e. The summed E-state index contributed by atoms with van der Waals surface area (Å²) < 4.78 is 4.94. The second-order valence-corrected chi connectivity index (χ2v) is 2.68. The first kappa shape index (κ1) is 9.13. The van der Waals surface area contributed by atoms with Crippen LogP contribution in [0.4, 0.5) is 6.01 Å². The molecule has 0 atom stereocenters. The Morgan fingerprint density at radius 1 is 1.47 bits per heavy atom. The molecule has 0 aliphatic rings. The molecule has 0 spiro atoms. The van der Waals surface area contributed by atoms with E-state index in [1.807, 2.05) is 0 Å². The van der Waals surface area contributed by atoms with Gasteiger partial charge in [-0.3, -0.25) is 0 Å². The topological polar surface area (TPSA) is 115 Å². The number of carboxylic acids is 1. The number of aromatic carboxylic acids is 1. The van der Waals surface area contributed by atoms with Crippen LogP contribution in [-0.2, 0) is 0 Å². The third-order valence-electron chi connectivity index (χ3n) is 1.67. The third kappa shape index (κ3) is 1.75. The second kappa shape index (κ2) is 3.37. The zero-order valence-corrected chi connectivity index (χ0v) is 7.41. The highest BCUT2D eigenvalue weighted by Gasteiger charge is 2.10. The van der Waals surface area contributed by atoms with Crippen molar-refractivity contribution in [3.05, 3.63) is 24.0 Å². The van der Waals surface area contributed by atoms with Gasteiger partial charge < -0.3 is 15.3 Å². The predicted molar refractivity (Wildman–Crippen MR) is 48.9 cm³/mol. The van der Waals surface area contributed by atoms with Crippen molar-refractivity contribution in [1.29, 1.82) is 0 Å². The minimum absolute atomic E-state index is 0.0707. The van der Waals surface area contributed by atoms with Crippen molar-refractivity contribution in [2.75, 3.05) is 5.73 Å². The molecule has 2 aromatic rings. The van der Waals surface area contributed by atoms with Crippen molar-refractivity contribution < 1.29 is 14.3 Å². The fourth-order valence-corrected chi connectivity index (χ4v) is 1.03. The number of hydrogen-bond donors (Lipinski definition) is 2. The van der Waals surface area contributed by atoms with Crippen molar-refractivity contribution in [2.45, 2.75) is 0 Å². The molecule has 0 amide bonds. The number of pyridine rings is 1. The maximum atomic E-state index is 10.6. The number of nitrogen functional groups attached to an aromatic ring is 1. The molecule has 0 bridgehead atoms. The Morgan fingerprint density at radius 3 is 2.87 bits per heavy atom. The highest BCUT2D eigenvalue weighted by molar-refractivity contribution is 5.86. The summed E-state index contributed by atoms with van der Waals surface area (Å²) in [6.07, 6.45) is 1.35. The fraction of sp³-hybridized carbons (Fsp3) is 0. The minimum atomic E-state index is -1.12. The standard InChI is InChI=1S/C8H6N4O3/c9-8-12-11-6(15-8)4-1-2-10-5(3-4)7(13)14/h1-3H,(H2,9,12)(H,13,14). The van der Waals surface area contributed by atoms with E-state index in [0.29, 0.717) is 5.56 Å². The van der Waals surface area contributed by atoms with E-state index in [1.165, 1.54) is 12.3 Å². The van der Waals surface area contributed by atoms with E-state index in [1.54, 1.807) is 6.07 Å². The normalized spacial score (nSPS) is 10.1. The van der Waals surface area contributed by atoms with Crippen LogP contribution in [0.3, 0.4) is 0 Å². The number of nitrogens with zero attached hydrogens (tertiary/aromatic N) is 3. The largest absolute Gasteiger partial charge is 0.477 e. The smallest absolute Gasteiger partial charge is 0.354 e. The first-order valence-corrected chi connectivity index (χ1v) is 3.95. The van der Waals surface area contributed by atoms with Crippen LogP contribution in [0.1, 0.15) is 10.5 Å². The van der Waals surface area contributed by atoms with Gasteiger partial charge in [-0.05, 0) is 12.1 Å². The molecule has 76 valence electrons. The highest BCUT2D eigenvalue weighted by atomic mass is 16.4. The quantitative estimate of drug-likeness (QED) is 0.730. The molecule has 7 nitrogen and oxygen atoms in total. The average molecular weight is 206 g/mol. The zero-order chi connectivity index (χ0) is 10.8. The van der Waals surface area contributed by atoms with Gasteiger partial charge in [-0.15, -0.1) is 5.10 Å². The zero-order valence-electron chi connectivity index (χ0n) is 7.41. The van der Waals surface area contributed by atoms with E-state index in [2.05, 4.69) is 15.2 Å². The molecule has 0 aromatic carbocycles. The van der Waals surface area contributed by atoms with E-state index < -0.39 is 5.97 Å². The summed E-state index contributed by atoms with van der Waals surface area (Å²) in [7, 11) is 0. The number of anilines is 1. The first-order chi connectivity index (χ1) is 7.16. The molecule has 0 aliphatic heterocycles. The lowest BCUT2D eigenvalue weighted by atomic mass is 10.2. The van der Waals surface area contributed by atoms with Crippen molar-refractivity contribution in [1.82, 2.24) is 15.2 Å². The summed E-state index contributed by atoms with van der Waals surface area (Å²) in [5.74, 6) is -0.957. The number of carboxylic acid groups (broad SMARTS) is 1. The van der Waals surface area contributed by atoms with Gasteiger partial charge in [-0.2, -0.15) is 0 Å². The van der Waals surface area contributed by atoms with Crippen molar-refractivity contribution in [2.24, 2.45) is 0 Å². The van der Waals surface area contributed by atoms with Gasteiger partial charge in [-0.25, -0.2) is 9.78 Å². The van der Waals surface area contributed by atoms with Crippen LogP contribution in [0.15, 0.2) is 22.7 Å². The summed E-state index contributed by atoms with van der Waals surface area (Å²) in [4.78, 5) is 14.3. The molecule has 0 aliphatic carbocycles. The molecule has 2 aromatic heterocycles. The molecule has 0 saturated heterocycles. The highest BCUT2D eigenvalue weighted by Crippen LogP contribution is 2.18. The summed E-state index contributed by atoms with van der Waals surface area (Å²) in [5, 5.41) is 15.8. The van der Waals surface area contributed by atoms with E-state index in [0.717, 1.165) is 0 Å². The number of hydrogen-bond acceptors (Lipinski definition) is 6. The van der Waals surface area contributed by atoms with Gasteiger partial charge in [0, 0.05) is 11.8 Å². The number of carbonyl (C=O) groups is 1. The minimum Gasteiger partial charge on any atom is -0.477 e. The molecule has 2 heterocycles. The van der Waals surface area contributed by atoms with Crippen LogP contribution in [0.5, 0.6) is 0 Å². The molecule has 3 N–H and O–H groups in total. The van der Waals surface area contributed by atoms with Crippen LogP contribution in [0, 0.1) is 0 Å². The Morgan fingerprint density at radius 2 is 2.27 bits per heavy atom. The van der Waals surface area contributed by atoms with Gasteiger partial charge >= 0.3 is 12.0 Å². The molecule has 0 saturated carbocycles. The van der Waals surface area contributed by atoms with Crippen LogP contribution in [0.2, 0.25) is 0 Å². The molecule has 0 unspecified atom stereocenters. The lowest BCUT2D eigenvalue weighted by Gasteiger charge is -1.95. The Kier molecular flexibility index (Phi) is 2.05. The van der Waals surface area contributed by atoms with Gasteiger partial charge in [0.1, 0.15) is 5.69 Å². The Balaban J connectivity index is 2.45. The molecule has 0 radical (unpaired) electrons. The number of nitrogens with two attached hydrogens (primary N) is 1. The van der Waals surface area contributed by atoms with Gasteiger partial charge in [0.2, 0.25) is 5.89 Å². The van der Waals surface area contributed by atoms with Crippen LogP contribution in [-0.4, -0.2) is 26.3 Å². The van der Waals surface area contributed by atoms with E-state index in [-0.39, 0.29) is 17.6 Å².